The molecule has 54 valence electrons. The molecule has 1 aromatic heterocycles. The number of ketones is 1. The van der Waals surface area contributed by atoms with Gasteiger partial charge in [0.15, 0.2) is 5.78 Å². The van der Waals surface area contributed by atoms with Crippen LogP contribution in [-0.2, 0) is 4.79 Å². The molecular formula is C8H6N2O. The van der Waals surface area contributed by atoms with Gasteiger partial charge in [-0.1, -0.05) is 0 Å². The molecule has 1 aromatic rings. The monoisotopic (exact) mass is 146 g/mol. The van der Waals surface area contributed by atoms with Gasteiger partial charge in [0.1, 0.15) is 6.54 Å². The summed E-state index contributed by atoms with van der Waals surface area (Å²) in [4.78, 5) is 18.9. The lowest BCUT2D eigenvalue weighted by atomic mass is 10.3. The lowest BCUT2D eigenvalue weighted by molar-refractivity contribution is -0.112. The Bertz CT molecular complexity index is 408. The molecule has 0 fully saturated rings. The Morgan fingerprint density at radius 2 is 2.36 bits per heavy atom. The lowest BCUT2D eigenvalue weighted by Gasteiger charge is -1.95. The van der Waals surface area contributed by atoms with Crippen LogP contribution in [0, 0.1) is 0 Å². The molecule has 0 aliphatic carbocycles. The summed E-state index contributed by atoms with van der Waals surface area (Å²) < 4.78 is 0. The third-order valence-corrected chi connectivity index (χ3v) is 1.52. The van der Waals surface area contributed by atoms with Crippen molar-refractivity contribution >= 4 is 11.9 Å². The fourth-order valence-corrected chi connectivity index (χ4v) is 1.02. The molecule has 0 spiro atoms. The van der Waals surface area contributed by atoms with Crippen molar-refractivity contribution in [3.63, 3.8) is 0 Å². The molecule has 0 saturated heterocycles. The van der Waals surface area contributed by atoms with E-state index >= 15 is 0 Å². The smallest absolute Gasteiger partial charge is 0.179 e. The summed E-state index contributed by atoms with van der Waals surface area (Å²) in [5.74, 6) is 0.0243. The molecule has 0 amide bonds. The van der Waals surface area contributed by atoms with Crippen molar-refractivity contribution in [2.75, 3.05) is 6.54 Å². The molecule has 0 atom stereocenters. The first-order chi connectivity index (χ1) is 5.36. The largest absolute Gasteiger partial charge is 0.293 e. The highest BCUT2D eigenvalue weighted by atomic mass is 16.1. The SMILES string of the molecule is O=C1C=c2ncccc2=NC1. The molecule has 3 nitrogen and oxygen atoms in total. The van der Waals surface area contributed by atoms with Gasteiger partial charge in [0.25, 0.3) is 0 Å². The second-order valence-electron chi connectivity index (χ2n) is 2.33. The first kappa shape index (κ1) is 6.22. The van der Waals surface area contributed by atoms with Crippen LogP contribution in [0.5, 0.6) is 0 Å². The third-order valence-electron chi connectivity index (χ3n) is 1.52. The maximum atomic E-state index is 10.8. The summed E-state index contributed by atoms with van der Waals surface area (Å²) in [5, 5.41) is 1.50. The van der Waals surface area contributed by atoms with Gasteiger partial charge < -0.3 is 0 Å². The maximum Gasteiger partial charge on any atom is 0.179 e. The summed E-state index contributed by atoms with van der Waals surface area (Å²) in [5.41, 5.74) is 0. The Hall–Kier alpha value is -1.51. The highest BCUT2D eigenvalue weighted by molar-refractivity contribution is 6.07. The zero-order valence-electron chi connectivity index (χ0n) is 5.82. The summed E-state index contributed by atoms with van der Waals surface area (Å²) in [6.45, 7) is 0.263. The van der Waals surface area contributed by atoms with E-state index in [1.165, 1.54) is 6.08 Å². The lowest BCUT2D eigenvalue weighted by Crippen LogP contribution is -2.33. The van der Waals surface area contributed by atoms with E-state index in [2.05, 4.69) is 9.98 Å². The van der Waals surface area contributed by atoms with Crippen LogP contribution in [-0.4, -0.2) is 17.3 Å². The van der Waals surface area contributed by atoms with E-state index in [0.717, 1.165) is 5.36 Å². The molecule has 1 aliphatic rings. The Kier molecular flexibility index (Phi) is 1.28. The van der Waals surface area contributed by atoms with Gasteiger partial charge in [-0.25, -0.2) is 0 Å². The molecule has 0 N–H and O–H groups in total. The van der Waals surface area contributed by atoms with E-state index in [1.54, 1.807) is 6.20 Å². The molecule has 3 heteroatoms. The average molecular weight is 146 g/mol. The molecule has 0 saturated carbocycles. The van der Waals surface area contributed by atoms with E-state index in [1.807, 2.05) is 12.1 Å². The number of pyridine rings is 1. The molecule has 0 radical (unpaired) electrons. The zero-order valence-corrected chi connectivity index (χ0v) is 5.82. The Morgan fingerprint density at radius 3 is 3.27 bits per heavy atom. The number of hydrogen-bond donors (Lipinski definition) is 0. The Balaban J connectivity index is 2.83. The van der Waals surface area contributed by atoms with Crippen LogP contribution in [0.4, 0.5) is 0 Å². The second-order valence-corrected chi connectivity index (χ2v) is 2.33. The van der Waals surface area contributed by atoms with Crippen LogP contribution >= 0.6 is 0 Å². The number of hydrogen-bond acceptors (Lipinski definition) is 3. The van der Waals surface area contributed by atoms with E-state index in [0.29, 0.717) is 5.35 Å². The second kappa shape index (κ2) is 2.27. The highest BCUT2D eigenvalue weighted by Crippen LogP contribution is 1.79. The zero-order chi connectivity index (χ0) is 7.68. The first-order valence-corrected chi connectivity index (χ1v) is 3.36. The topological polar surface area (TPSA) is 42.3 Å². The van der Waals surface area contributed by atoms with Gasteiger partial charge in [-0.2, -0.15) is 0 Å². The molecule has 2 heterocycles. The fourth-order valence-electron chi connectivity index (χ4n) is 1.02. The molecule has 11 heavy (non-hydrogen) atoms. The molecular weight excluding hydrogens is 140 g/mol. The van der Waals surface area contributed by atoms with Crippen LogP contribution in [0.2, 0.25) is 0 Å². The van der Waals surface area contributed by atoms with E-state index < -0.39 is 0 Å². The number of fused-ring (bicyclic) bond motifs is 1. The number of nitrogens with zero attached hydrogens (tertiary/aromatic N) is 2. The summed E-state index contributed by atoms with van der Waals surface area (Å²) in [6.07, 6.45) is 3.19. The van der Waals surface area contributed by atoms with Crippen molar-refractivity contribution < 1.29 is 4.79 Å². The average Bonchev–Trinajstić information content (AvgIpc) is 2.04. The van der Waals surface area contributed by atoms with Crippen LogP contribution < -0.4 is 10.7 Å². The minimum atomic E-state index is 0.0243. The van der Waals surface area contributed by atoms with Crippen LogP contribution in [0.15, 0.2) is 23.3 Å². The van der Waals surface area contributed by atoms with Crippen molar-refractivity contribution in [1.29, 1.82) is 0 Å². The number of carbonyl (C=O) groups excluding carboxylic acids is 1. The van der Waals surface area contributed by atoms with Gasteiger partial charge in [-0.3, -0.25) is 14.8 Å². The van der Waals surface area contributed by atoms with Gasteiger partial charge in [0, 0.05) is 12.3 Å². The predicted octanol–water partition coefficient (Wildman–Crippen LogP) is -0.936. The van der Waals surface area contributed by atoms with Gasteiger partial charge >= 0.3 is 0 Å². The number of carbonyl (C=O) groups is 1. The van der Waals surface area contributed by atoms with Crippen LogP contribution in [0.25, 0.3) is 6.08 Å². The number of rotatable bonds is 0. The summed E-state index contributed by atoms with van der Waals surface area (Å²) >= 11 is 0. The normalized spacial score (nSPS) is 14.7. The van der Waals surface area contributed by atoms with Gasteiger partial charge in [-0.15, -0.1) is 0 Å². The van der Waals surface area contributed by atoms with Crippen molar-refractivity contribution in [2.24, 2.45) is 4.99 Å². The minimum absolute atomic E-state index is 0.0243. The van der Waals surface area contributed by atoms with Crippen molar-refractivity contribution in [3.8, 4) is 0 Å². The van der Waals surface area contributed by atoms with Crippen molar-refractivity contribution in [2.45, 2.75) is 0 Å². The Morgan fingerprint density at radius 1 is 1.45 bits per heavy atom. The van der Waals surface area contributed by atoms with E-state index in [4.69, 9.17) is 0 Å². The molecule has 0 bridgehead atoms. The van der Waals surface area contributed by atoms with Crippen LogP contribution in [0.3, 0.4) is 0 Å². The van der Waals surface area contributed by atoms with Gasteiger partial charge in [0.05, 0.1) is 10.7 Å². The van der Waals surface area contributed by atoms with Crippen molar-refractivity contribution in [3.05, 3.63) is 29.0 Å². The minimum Gasteiger partial charge on any atom is -0.293 e. The first-order valence-electron chi connectivity index (χ1n) is 3.36. The molecule has 2 rings (SSSR count). The Labute approximate surface area is 63.1 Å². The number of Topliss-reactive ketones (excluding diaryl/α,β-unsaturated/α-hetero) is 1. The predicted molar refractivity (Wildman–Crippen MR) is 39.4 cm³/mol. The maximum absolute atomic E-state index is 10.8. The molecule has 1 aliphatic heterocycles. The van der Waals surface area contributed by atoms with E-state index in [-0.39, 0.29) is 12.3 Å². The highest BCUT2D eigenvalue weighted by Gasteiger charge is 2.00. The van der Waals surface area contributed by atoms with E-state index in [9.17, 15) is 4.79 Å². The molecule has 0 aromatic carbocycles. The third kappa shape index (κ3) is 1.05. The van der Waals surface area contributed by atoms with Gasteiger partial charge in [0.2, 0.25) is 0 Å². The van der Waals surface area contributed by atoms with Gasteiger partial charge in [-0.05, 0) is 12.1 Å². The summed E-state index contributed by atoms with van der Waals surface area (Å²) in [6, 6.07) is 3.66. The fraction of sp³-hybridized carbons (Fsp3) is 0.125. The standard InChI is InChI=1S/C8H6N2O/c11-6-4-8-7(10-5-6)2-1-3-9-8/h1-4H,5H2. The quantitative estimate of drug-likeness (QED) is 0.474. The van der Waals surface area contributed by atoms with Crippen molar-refractivity contribution in [1.82, 2.24) is 4.98 Å². The number of aromatic nitrogens is 1. The summed E-state index contributed by atoms with van der Waals surface area (Å²) in [7, 11) is 0. The van der Waals surface area contributed by atoms with Crippen LogP contribution in [0.1, 0.15) is 0 Å². The molecule has 0 unspecified atom stereocenters.